The minimum Gasteiger partial charge on any atom is -0.338 e. The largest absolute Gasteiger partial charge is 0.338 e. The first-order chi connectivity index (χ1) is 10.5. The van der Waals surface area contributed by atoms with Gasteiger partial charge in [0.2, 0.25) is 0 Å². The van der Waals surface area contributed by atoms with Crippen LogP contribution in [0.25, 0.3) is 0 Å². The zero-order valence-electron chi connectivity index (χ0n) is 12.5. The fourth-order valence-corrected chi connectivity index (χ4v) is 2.86. The van der Waals surface area contributed by atoms with Crippen LogP contribution in [0.2, 0.25) is 5.02 Å². The highest BCUT2D eigenvalue weighted by Crippen LogP contribution is 2.26. The van der Waals surface area contributed by atoms with Gasteiger partial charge in [-0.2, -0.15) is 0 Å². The molecule has 0 unspecified atom stereocenters. The number of halogens is 1. The number of nitro benzene ring substituents is 1. The van der Waals surface area contributed by atoms with Crippen molar-refractivity contribution in [2.24, 2.45) is 5.92 Å². The summed E-state index contributed by atoms with van der Waals surface area (Å²) in [6, 6.07) is 4.18. The molecule has 1 N–H and O–H groups in total. The van der Waals surface area contributed by atoms with Gasteiger partial charge in [-0.25, -0.2) is 0 Å². The molecule has 1 saturated heterocycles. The molecule has 1 aromatic carbocycles. The number of nitrogens with zero attached hydrogens (tertiary/aromatic N) is 2. The third kappa shape index (κ3) is 3.96. The molecule has 0 atom stereocenters. The Balaban J connectivity index is 2.06. The van der Waals surface area contributed by atoms with Crippen molar-refractivity contribution in [2.75, 3.05) is 26.2 Å². The number of likely N-dealkylation sites (tertiary alicyclic amines) is 1. The summed E-state index contributed by atoms with van der Waals surface area (Å²) >= 11 is 5.78. The molecule has 0 saturated carbocycles. The number of nitro groups is 1. The Morgan fingerprint density at radius 3 is 2.73 bits per heavy atom. The maximum atomic E-state index is 12.5. The highest BCUT2D eigenvalue weighted by Gasteiger charge is 2.28. The molecule has 1 aliphatic heterocycles. The molecule has 7 heteroatoms. The number of benzene rings is 1. The monoisotopic (exact) mass is 325 g/mol. The lowest BCUT2D eigenvalue weighted by molar-refractivity contribution is -0.385. The van der Waals surface area contributed by atoms with Crippen molar-refractivity contribution < 1.29 is 9.72 Å². The van der Waals surface area contributed by atoms with Crippen LogP contribution in [-0.2, 0) is 0 Å². The van der Waals surface area contributed by atoms with E-state index in [-0.39, 0.29) is 22.2 Å². The van der Waals surface area contributed by atoms with Gasteiger partial charge in [0.15, 0.2) is 0 Å². The summed E-state index contributed by atoms with van der Waals surface area (Å²) in [5, 5.41) is 14.7. The van der Waals surface area contributed by atoms with Gasteiger partial charge in [-0.1, -0.05) is 18.5 Å². The van der Waals surface area contributed by atoms with Crippen LogP contribution < -0.4 is 5.32 Å². The van der Waals surface area contributed by atoms with Crippen LogP contribution >= 0.6 is 11.6 Å². The zero-order chi connectivity index (χ0) is 16.1. The van der Waals surface area contributed by atoms with E-state index in [1.807, 2.05) is 0 Å². The summed E-state index contributed by atoms with van der Waals surface area (Å²) in [5.74, 6) is 0.273. The predicted octanol–water partition coefficient (Wildman–Crippen LogP) is 2.71. The molecule has 120 valence electrons. The van der Waals surface area contributed by atoms with E-state index in [9.17, 15) is 14.9 Å². The van der Waals surface area contributed by atoms with E-state index in [2.05, 4.69) is 12.2 Å². The lowest BCUT2D eigenvalue weighted by atomic mass is 9.96. The first kappa shape index (κ1) is 16.7. The van der Waals surface area contributed by atoms with Crippen molar-refractivity contribution in [3.8, 4) is 0 Å². The van der Waals surface area contributed by atoms with Crippen LogP contribution in [0.1, 0.15) is 30.1 Å². The topological polar surface area (TPSA) is 75.5 Å². The van der Waals surface area contributed by atoms with Crippen LogP contribution in [0.15, 0.2) is 18.2 Å². The first-order valence-corrected chi connectivity index (χ1v) is 7.84. The van der Waals surface area contributed by atoms with Gasteiger partial charge >= 0.3 is 0 Å². The molecule has 2 rings (SSSR count). The number of amides is 1. The molecule has 0 bridgehead atoms. The Hall–Kier alpha value is -1.66. The van der Waals surface area contributed by atoms with Gasteiger partial charge in [0, 0.05) is 24.2 Å². The fraction of sp³-hybridized carbons (Fsp3) is 0.533. The summed E-state index contributed by atoms with van der Waals surface area (Å²) in [4.78, 5) is 24.8. The maximum Gasteiger partial charge on any atom is 0.283 e. The lowest BCUT2D eigenvalue weighted by Gasteiger charge is -2.32. The van der Waals surface area contributed by atoms with E-state index >= 15 is 0 Å². The lowest BCUT2D eigenvalue weighted by Crippen LogP contribution is -2.41. The Morgan fingerprint density at radius 2 is 2.14 bits per heavy atom. The Morgan fingerprint density at radius 1 is 1.45 bits per heavy atom. The summed E-state index contributed by atoms with van der Waals surface area (Å²) < 4.78 is 0. The van der Waals surface area contributed by atoms with Gasteiger partial charge in [0.25, 0.3) is 11.6 Å². The number of carbonyl (C=O) groups excluding carboxylic acids is 1. The minimum absolute atomic E-state index is 0.111. The second-order valence-corrected chi connectivity index (χ2v) is 5.90. The summed E-state index contributed by atoms with van der Waals surface area (Å²) in [6.07, 6.45) is 1.83. The van der Waals surface area contributed by atoms with Gasteiger partial charge in [0.1, 0.15) is 5.56 Å². The number of piperidine rings is 1. The molecule has 6 nitrogen and oxygen atoms in total. The number of carbonyl (C=O) groups is 1. The number of hydrogen-bond acceptors (Lipinski definition) is 4. The van der Waals surface area contributed by atoms with E-state index in [1.165, 1.54) is 18.2 Å². The quantitative estimate of drug-likeness (QED) is 0.667. The average molecular weight is 326 g/mol. The van der Waals surface area contributed by atoms with Crippen molar-refractivity contribution in [3.05, 3.63) is 38.9 Å². The maximum absolute atomic E-state index is 12.5. The van der Waals surface area contributed by atoms with Crippen LogP contribution in [0.3, 0.4) is 0 Å². The van der Waals surface area contributed by atoms with Crippen molar-refractivity contribution in [2.45, 2.75) is 19.8 Å². The SMILES string of the molecule is CCNCC1CCN(C(=O)c2ccc(Cl)cc2[N+](=O)[O-])CC1. The van der Waals surface area contributed by atoms with Crippen LogP contribution in [-0.4, -0.2) is 41.9 Å². The van der Waals surface area contributed by atoms with Crippen LogP contribution in [0.5, 0.6) is 0 Å². The summed E-state index contributed by atoms with van der Waals surface area (Å²) in [5.41, 5.74) is -0.119. The van der Waals surface area contributed by atoms with Crippen molar-refractivity contribution in [3.63, 3.8) is 0 Å². The minimum atomic E-state index is -0.558. The average Bonchev–Trinajstić information content (AvgIpc) is 2.52. The van der Waals surface area contributed by atoms with E-state index in [0.29, 0.717) is 19.0 Å². The number of nitrogens with one attached hydrogen (secondary N) is 1. The van der Waals surface area contributed by atoms with Crippen molar-refractivity contribution >= 4 is 23.2 Å². The highest BCUT2D eigenvalue weighted by molar-refractivity contribution is 6.31. The molecule has 0 radical (unpaired) electrons. The van der Waals surface area contributed by atoms with E-state index in [4.69, 9.17) is 11.6 Å². The molecule has 1 fully saturated rings. The molecular formula is C15H20ClN3O3. The fourth-order valence-electron chi connectivity index (χ4n) is 2.70. The Bertz CT molecular complexity index is 557. The molecule has 1 aliphatic rings. The Kier molecular flexibility index (Phi) is 5.74. The van der Waals surface area contributed by atoms with Crippen molar-refractivity contribution in [1.82, 2.24) is 10.2 Å². The predicted molar refractivity (Wildman–Crippen MR) is 85.3 cm³/mol. The van der Waals surface area contributed by atoms with Crippen molar-refractivity contribution in [1.29, 1.82) is 0 Å². The van der Waals surface area contributed by atoms with Crippen LogP contribution in [0.4, 0.5) is 5.69 Å². The molecule has 1 heterocycles. The molecule has 0 aliphatic carbocycles. The molecule has 0 aromatic heterocycles. The van der Waals surface area contributed by atoms with Gasteiger partial charge in [-0.15, -0.1) is 0 Å². The molecule has 0 spiro atoms. The smallest absolute Gasteiger partial charge is 0.283 e. The second kappa shape index (κ2) is 7.56. The first-order valence-electron chi connectivity index (χ1n) is 7.46. The molecule has 1 aromatic rings. The van der Waals surface area contributed by atoms with Gasteiger partial charge in [0.05, 0.1) is 4.92 Å². The summed E-state index contributed by atoms with van der Waals surface area (Å²) in [6.45, 7) is 5.23. The highest BCUT2D eigenvalue weighted by atomic mass is 35.5. The van der Waals surface area contributed by atoms with Gasteiger partial charge < -0.3 is 10.2 Å². The van der Waals surface area contributed by atoms with E-state index in [1.54, 1.807) is 4.90 Å². The standard InChI is InChI=1S/C15H20ClN3O3/c1-2-17-10-11-5-7-18(8-6-11)15(20)13-4-3-12(16)9-14(13)19(21)22/h3-4,9,11,17H,2,5-8,10H2,1H3. The Labute approximate surface area is 134 Å². The van der Waals surface area contributed by atoms with E-state index in [0.717, 1.165) is 25.9 Å². The number of hydrogen-bond donors (Lipinski definition) is 1. The zero-order valence-corrected chi connectivity index (χ0v) is 13.3. The third-order valence-electron chi connectivity index (χ3n) is 3.97. The molecule has 1 amide bonds. The molecule has 22 heavy (non-hydrogen) atoms. The van der Waals surface area contributed by atoms with Gasteiger partial charge in [-0.05, 0) is 44.0 Å². The summed E-state index contributed by atoms with van der Waals surface area (Å²) in [7, 11) is 0. The van der Waals surface area contributed by atoms with Gasteiger partial charge in [-0.3, -0.25) is 14.9 Å². The third-order valence-corrected chi connectivity index (χ3v) is 4.21. The van der Waals surface area contributed by atoms with E-state index < -0.39 is 4.92 Å². The number of rotatable bonds is 5. The second-order valence-electron chi connectivity index (χ2n) is 5.46. The van der Waals surface area contributed by atoms with Crippen LogP contribution in [0, 0.1) is 16.0 Å². The molecular weight excluding hydrogens is 306 g/mol. The normalized spacial score (nSPS) is 15.8.